The minimum absolute atomic E-state index is 0.196. The maximum absolute atomic E-state index is 6.38. The van der Waals surface area contributed by atoms with Crippen molar-refractivity contribution in [3.63, 3.8) is 0 Å². The zero-order chi connectivity index (χ0) is 14.0. The third-order valence-electron chi connectivity index (χ3n) is 3.23. The molecule has 19 heavy (non-hydrogen) atoms. The molecule has 0 aliphatic carbocycles. The fourth-order valence-corrected chi connectivity index (χ4v) is 2.52. The SMILES string of the molecule is CCc1nn(CC)c(CC(N)c2ccc(C)o2)c1Cl. The largest absolute Gasteiger partial charge is 0.465 e. The number of furan rings is 1. The van der Waals surface area contributed by atoms with Gasteiger partial charge in [0.1, 0.15) is 11.5 Å². The molecule has 0 fully saturated rings. The van der Waals surface area contributed by atoms with Gasteiger partial charge in [0.05, 0.1) is 22.5 Å². The van der Waals surface area contributed by atoms with Crippen molar-refractivity contribution in [3.05, 3.63) is 40.1 Å². The molecular weight excluding hydrogens is 262 g/mol. The summed E-state index contributed by atoms with van der Waals surface area (Å²) in [5.41, 5.74) is 8.11. The van der Waals surface area contributed by atoms with Crippen LogP contribution >= 0.6 is 11.6 Å². The predicted molar refractivity (Wildman–Crippen MR) is 76.4 cm³/mol. The molecule has 0 amide bonds. The van der Waals surface area contributed by atoms with E-state index in [1.54, 1.807) is 0 Å². The van der Waals surface area contributed by atoms with E-state index in [4.69, 9.17) is 21.8 Å². The first-order valence-corrected chi connectivity index (χ1v) is 7.00. The van der Waals surface area contributed by atoms with E-state index < -0.39 is 0 Å². The van der Waals surface area contributed by atoms with E-state index in [9.17, 15) is 0 Å². The molecule has 2 aromatic rings. The summed E-state index contributed by atoms with van der Waals surface area (Å²) in [4.78, 5) is 0. The number of nitrogens with zero attached hydrogens (tertiary/aromatic N) is 2. The van der Waals surface area contributed by atoms with Gasteiger partial charge >= 0.3 is 0 Å². The van der Waals surface area contributed by atoms with Gasteiger partial charge in [-0.1, -0.05) is 18.5 Å². The van der Waals surface area contributed by atoms with Crippen LogP contribution in [0.25, 0.3) is 0 Å². The van der Waals surface area contributed by atoms with Gasteiger partial charge in [0.25, 0.3) is 0 Å². The first-order valence-electron chi connectivity index (χ1n) is 6.62. The molecule has 5 heteroatoms. The third-order valence-corrected chi connectivity index (χ3v) is 3.67. The zero-order valence-electron chi connectivity index (χ0n) is 11.6. The highest BCUT2D eigenvalue weighted by Crippen LogP contribution is 2.26. The fourth-order valence-electron chi connectivity index (χ4n) is 2.17. The molecule has 0 spiro atoms. The van der Waals surface area contributed by atoms with Gasteiger partial charge in [0, 0.05) is 13.0 Å². The summed E-state index contributed by atoms with van der Waals surface area (Å²) in [7, 11) is 0. The molecule has 1 atom stereocenters. The van der Waals surface area contributed by atoms with E-state index in [1.807, 2.05) is 30.7 Å². The van der Waals surface area contributed by atoms with Crippen LogP contribution in [0.5, 0.6) is 0 Å². The predicted octanol–water partition coefficient (Wildman–Crippen LogP) is 3.26. The Labute approximate surface area is 118 Å². The van der Waals surface area contributed by atoms with Gasteiger partial charge in [0.15, 0.2) is 0 Å². The molecule has 0 radical (unpaired) electrons. The highest BCUT2D eigenvalue weighted by Gasteiger charge is 2.19. The Hall–Kier alpha value is -1.26. The van der Waals surface area contributed by atoms with E-state index in [0.29, 0.717) is 6.42 Å². The van der Waals surface area contributed by atoms with Gasteiger partial charge in [0.2, 0.25) is 0 Å². The minimum atomic E-state index is -0.196. The summed E-state index contributed by atoms with van der Waals surface area (Å²) in [6.45, 7) is 6.80. The smallest absolute Gasteiger partial charge is 0.121 e. The molecule has 2 N–H and O–H groups in total. The van der Waals surface area contributed by atoms with Crippen molar-refractivity contribution in [2.75, 3.05) is 0 Å². The number of aryl methyl sites for hydroxylation is 3. The Bertz CT molecular complexity index is 559. The summed E-state index contributed by atoms with van der Waals surface area (Å²) in [6, 6.07) is 3.64. The lowest BCUT2D eigenvalue weighted by Crippen LogP contribution is -2.15. The van der Waals surface area contributed by atoms with Gasteiger partial charge in [-0.15, -0.1) is 0 Å². The van der Waals surface area contributed by atoms with Crippen molar-refractivity contribution in [1.82, 2.24) is 9.78 Å². The molecule has 2 rings (SSSR count). The lowest BCUT2D eigenvalue weighted by molar-refractivity contribution is 0.438. The number of aromatic nitrogens is 2. The second-order valence-electron chi connectivity index (χ2n) is 4.64. The van der Waals surface area contributed by atoms with Crippen molar-refractivity contribution >= 4 is 11.6 Å². The highest BCUT2D eigenvalue weighted by molar-refractivity contribution is 6.31. The number of hydrogen-bond acceptors (Lipinski definition) is 3. The van der Waals surface area contributed by atoms with Crippen LogP contribution in [-0.4, -0.2) is 9.78 Å². The lowest BCUT2D eigenvalue weighted by atomic mass is 10.1. The van der Waals surface area contributed by atoms with Crippen molar-refractivity contribution in [2.45, 2.75) is 46.2 Å². The van der Waals surface area contributed by atoms with Crippen molar-refractivity contribution in [1.29, 1.82) is 0 Å². The number of rotatable bonds is 5. The summed E-state index contributed by atoms with van der Waals surface area (Å²) in [5, 5.41) is 5.24. The Morgan fingerprint density at radius 3 is 2.68 bits per heavy atom. The number of halogens is 1. The number of hydrogen-bond donors (Lipinski definition) is 1. The van der Waals surface area contributed by atoms with Crippen LogP contribution in [0.4, 0.5) is 0 Å². The monoisotopic (exact) mass is 281 g/mol. The summed E-state index contributed by atoms with van der Waals surface area (Å²) in [5.74, 6) is 1.66. The van der Waals surface area contributed by atoms with Gasteiger partial charge in [-0.05, 0) is 32.4 Å². The van der Waals surface area contributed by atoms with Crippen LogP contribution in [0.3, 0.4) is 0 Å². The zero-order valence-corrected chi connectivity index (χ0v) is 12.4. The van der Waals surface area contributed by atoms with Crippen LogP contribution in [0.15, 0.2) is 16.5 Å². The van der Waals surface area contributed by atoms with Crippen LogP contribution in [0, 0.1) is 6.92 Å². The highest BCUT2D eigenvalue weighted by atomic mass is 35.5. The molecule has 104 valence electrons. The Kier molecular flexibility index (Phi) is 4.32. The van der Waals surface area contributed by atoms with E-state index in [2.05, 4.69) is 12.0 Å². The molecule has 1 unspecified atom stereocenters. The van der Waals surface area contributed by atoms with Crippen LogP contribution < -0.4 is 5.73 Å². The van der Waals surface area contributed by atoms with Gasteiger partial charge < -0.3 is 10.2 Å². The van der Waals surface area contributed by atoms with E-state index >= 15 is 0 Å². The summed E-state index contributed by atoms with van der Waals surface area (Å²) < 4.78 is 7.49. The molecule has 2 aromatic heterocycles. The van der Waals surface area contributed by atoms with Crippen molar-refractivity contribution in [3.8, 4) is 0 Å². The maximum atomic E-state index is 6.38. The van der Waals surface area contributed by atoms with Crippen molar-refractivity contribution < 1.29 is 4.42 Å². The molecule has 0 saturated carbocycles. The van der Waals surface area contributed by atoms with Crippen LogP contribution in [-0.2, 0) is 19.4 Å². The van der Waals surface area contributed by atoms with Crippen LogP contribution in [0.2, 0.25) is 5.02 Å². The average molecular weight is 282 g/mol. The van der Waals surface area contributed by atoms with Gasteiger partial charge in [-0.3, -0.25) is 4.68 Å². The standard InChI is InChI=1S/C14H20ClN3O/c1-4-11-14(15)12(18(5-2)17-11)8-10(16)13-7-6-9(3)19-13/h6-7,10H,4-5,8,16H2,1-3H3. The molecule has 0 saturated heterocycles. The summed E-state index contributed by atoms with van der Waals surface area (Å²) >= 11 is 6.38. The number of nitrogens with two attached hydrogens (primary N) is 1. The van der Waals surface area contributed by atoms with Crippen molar-refractivity contribution in [2.24, 2.45) is 5.73 Å². The first-order chi connectivity index (χ1) is 9.06. The lowest BCUT2D eigenvalue weighted by Gasteiger charge is -2.10. The Morgan fingerprint density at radius 2 is 2.16 bits per heavy atom. The Balaban J connectivity index is 2.25. The van der Waals surface area contributed by atoms with E-state index in [1.165, 1.54) is 0 Å². The Morgan fingerprint density at radius 1 is 1.42 bits per heavy atom. The molecule has 0 aromatic carbocycles. The topological polar surface area (TPSA) is 57.0 Å². The molecule has 4 nitrogen and oxygen atoms in total. The third kappa shape index (κ3) is 2.85. The molecule has 0 aliphatic rings. The second kappa shape index (κ2) is 5.80. The molecular formula is C14H20ClN3O. The van der Waals surface area contributed by atoms with Gasteiger partial charge in [-0.2, -0.15) is 5.10 Å². The van der Waals surface area contributed by atoms with E-state index in [-0.39, 0.29) is 6.04 Å². The van der Waals surface area contributed by atoms with Crippen LogP contribution in [0.1, 0.15) is 42.8 Å². The fraction of sp³-hybridized carbons (Fsp3) is 0.500. The second-order valence-corrected chi connectivity index (χ2v) is 5.01. The quantitative estimate of drug-likeness (QED) is 0.915. The van der Waals surface area contributed by atoms with E-state index in [0.717, 1.165) is 40.9 Å². The molecule has 0 aliphatic heterocycles. The van der Waals surface area contributed by atoms with Gasteiger partial charge in [-0.25, -0.2) is 0 Å². The average Bonchev–Trinajstić information content (AvgIpc) is 2.95. The first kappa shape index (κ1) is 14.2. The summed E-state index contributed by atoms with van der Waals surface area (Å²) in [6.07, 6.45) is 1.46. The normalized spacial score (nSPS) is 12.9. The maximum Gasteiger partial charge on any atom is 0.121 e. The molecule has 2 heterocycles. The minimum Gasteiger partial charge on any atom is -0.465 e. The molecule has 0 bridgehead atoms.